The number of amides is 1. The van der Waals surface area contributed by atoms with E-state index in [2.05, 4.69) is 0 Å². The topological polar surface area (TPSA) is 94.5 Å². The molecule has 5 rings (SSSR count). The molecule has 0 aliphatic carbocycles. The lowest BCUT2D eigenvalue weighted by atomic mass is 9.91. The van der Waals surface area contributed by atoms with Crippen molar-refractivity contribution in [3.8, 4) is 11.5 Å². The van der Waals surface area contributed by atoms with Gasteiger partial charge >= 0.3 is 5.97 Å². The van der Waals surface area contributed by atoms with E-state index in [1.165, 1.54) is 4.90 Å². The van der Waals surface area contributed by atoms with Crippen LogP contribution in [0.4, 0.5) is 0 Å². The summed E-state index contributed by atoms with van der Waals surface area (Å²) in [6, 6.07) is 21.4. The number of carbonyl (C=O) groups is 2. The molecule has 3 aromatic carbocycles. The molecule has 2 atom stereocenters. The largest absolute Gasteiger partial charge is 0.493 e. The van der Waals surface area contributed by atoms with Crippen molar-refractivity contribution in [2.45, 2.75) is 37.8 Å². The zero-order valence-electron chi connectivity index (χ0n) is 20.5. The Bertz CT molecular complexity index is 1240. The Morgan fingerprint density at radius 1 is 1.03 bits per heavy atom. The van der Waals surface area contributed by atoms with Gasteiger partial charge in [0.15, 0.2) is 17.6 Å². The van der Waals surface area contributed by atoms with Gasteiger partial charge in [-0.15, -0.1) is 0 Å². The van der Waals surface area contributed by atoms with E-state index in [1.807, 2.05) is 66.7 Å². The SMILES string of the molecule is COc1ccc2c(c1OCc1ccccc1)C[C@@H](C(=O)O)N(C(=O)[C@@H](OC1COC1)c1ccccc1)C2. The maximum Gasteiger partial charge on any atom is 0.326 e. The Morgan fingerprint density at radius 2 is 1.73 bits per heavy atom. The fourth-order valence-electron chi connectivity index (χ4n) is 4.66. The van der Waals surface area contributed by atoms with Crippen molar-refractivity contribution in [1.82, 2.24) is 4.90 Å². The molecule has 8 heteroatoms. The highest BCUT2D eigenvalue weighted by Gasteiger charge is 2.41. The van der Waals surface area contributed by atoms with Gasteiger partial charge in [-0.25, -0.2) is 4.79 Å². The first-order chi connectivity index (χ1) is 18.0. The number of nitrogens with zero attached hydrogens (tertiary/aromatic N) is 1. The van der Waals surface area contributed by atoms with Crippen LogP contribution in [0.5, 0.6) is 11.5 Å². The van der Waals surface area contributed by atoms with Gasteiger partial charge in [0.2, 0.25) is 0 Å². The summed E-state index contributed by atoms with van der Waals surface area (Å²) >= 11 is 0. The third kappa shape index (κ3) is 5.30. The zero-order valence-corrected chi connectivity index (χ0v) is 20.5. The number of carbonyl (C=O) groups excluding carboxylic acids is 1. The molecule has 0 bridgehead atoms. The maximum absolute atomic E-state index is 13.9. The lowest BCUT2D eigenvalue weighted by Gasteiger charge is -2.38. The number of hydrogen-bond donors (Lipinski definition) is 1. The van der Waals surface area contributed by atoms with E-state index in [4.69, 9.17) is 18.9 Å². The fourth-order valence-corrected chi connectivity index (χ4v) is 4.66. The Hall–Kier alpha value is -3.88. The number of carboxylic acid groups (broad SMARTS) is 1. The highest BCUT2D eigenvalue weighted by Crippen LogP contribution is 2.40. The van der Waals surface area contributed by atoms with Crippen molar-refractivity contribution in [3.63, 3.8) is 0 Å². The minimum atomic E-state index is -1.09. The van der Waals surface area contributed by atoms with Crippen molar-refractivity contribution in [3.05, 3.63) is 95.1 Å². The van der Waals surface area contributed by atoms with Crippen molar-refractivity contribution in [1.29, 1.82) is 0 Å². The molecule has 2 aliphatic heterocycles. The molecule has 0 saturated carbocycles. The molecule has 0 radical (unpaired) electrons. The normalized spacial score (nSPS) is 17.9. The van der Waals surface area contributed by atoms with Gasteiger partial charge in [-0.05, 0) is 22.8 Å². The number of ether oxygens (including phenoxy) is 4. The van der Waals surface area contributed by atoms with Crippen molar-refractivity contribution >= 4 is 11.9 Å². The lowest BCUT2D eigenvalue weighted by molar-refractivity contribution is -0.180. The fraction of sp³-hybridized carbons (Fsp3) is 0.310. The van der Waals surface area contributed by atoms with Crippen LogP contribution in [0.3, 0.4) is 0 Å². The molecule has 192 valence electrons. The predicted molar refractivity (Wildman–Crippen MR) is 134 cm³/mol. The zero-order chi connectivity index (χ0) is 25.8. The van der Waals surface area contributed by atoms with Crippen LogP contribution in [0.25, 0.3) is 0 Å². The Kier molecular flexibility index (Phi) is 7.39. The number of rotatable bonds is 9. The van der Waals surface area contributed by atoms with Crippen LogP contribution in [0.2, 0.25) is 0 Å². The predicted octanol–water partition coefficient (Wildman–Crippen LogP) is 3.77. The minimum Gasteiger partial charge on any atom is -0.493 e. The third-order valence-corrected chi connectivity index (χ3v) is 6.71. The highest BCUT2D eigenvalue weighted by molar-refractivity contribution is 5.88. The summed E-state index contributed by atoms with van der Waals surface area (Å²) in [5, 5.41) is 10.2. The quantitative estimate of drug-likeness (QED) is 0.475. The lowest BCUT2D eigenvalue weighted by Crippen LogP contribution is -2.51. The molecule has 1 saturated heterocycles. The third-order valence-electron chi connectivity index (χ3n) is 6.71. The Labute approximate surface area is 215 Å². The second-order valence-corrected chi connectivity index (χ2v) is 9.12. The molecule has 37 heavy (non-hydrogen) atoms. The summed E-state index contributed by atoms with van der Waals surface area (Å²) in [5.41, 5.74) is 3.20. The van der Waals surface area contributed by atoms with Crippen LogP contribution in [-0.2, 0) is 38.6 Å². The number of fused-ring (bicyclic) bond motifs is 1. The van der Waals surface area contributed by atoms with E-state index < -0.39 is 24.0 Å². The van der Waals surface area contributed by atoms with E-state index in [0.717, 1.165) is 16.7 Å². The first-order valence-electron chi connectivity index (χ1n) is 12.2. The van der Waals surface area contributed by atoms with Crippen LogP contribution in [0.15, 0.2) is 72.8 Å². The summed E-state index contributed by atoms with van der Waals surface area (Å²) in [6.45, 7) is 1.24. The van der Waals surface area contributed by atoms with Gasteiger partial charge < -0.3 is 29.0 Å². The Balaban J connectivity index is 1.46. The van der Waals surface area contributed by atoms with E-state index in [0.29, 0.717) is 36.9 Å². The van der Waals surface area contributed by atoms with Gasteiger partial charge in [0.25, 0.3) is 5.91 Å². The van der Waals surface area contributed by atoms with E-state index >= 15 is 0 Å². The molecule has 2 aliphatic rings. The summed E-state index contributed by atoms with van der Waals surface area (Å²) in [4.78, 5) is 27.7. The molecule has 1 amide bonds. The van der Waals surface area contributed by atoms with Crippen LogP contribution < -0.4 is 9.47 Å². The Morgan fingerprint density at radius 3 is 2.35 bits per heavy atom. The van der Waals surface area contributed by atoms with Gasteiger partial charge in [0.1, 0.15) is 18.8 Å². The van der Waals surface area contributed by atoms with E-state index in [-0.39, 0.29) is 19.1 Å². The molecular formula is C29H29NO7. The molecule has 0 spiro atoms. The molecule has 1 fully saturated rings. The van der Waals surface area contributed by atoms with Crippen LogP contribution in [-0.4, -0.2) is 54.4 Å². The molecule has 1 N–H and O–H groups in total. The van der Waals surface area contributed by atoms with Gasteiger partial charge in [-0.1, -0.05) is 66.7 Å². The summed E-state index contributed by atoms with van der Waals surface area (Å²) in [7, 11) is 1.55. The summed E-state index contributed by atoms with van der Waals surface area (Å²) in [6.07, 6.45) is -1.05. The van der Waals surface area contributed by atoms with E-state index in [9.17, 15) is 14.7 Å². The first kappa shape index (κ1) is 24.8. The van der Waals surface area contributed by atoms with Crippen LogP contribution in [0.1, 0.15) is 28.4 Å². The molecular weight excluding hydrogens is 474 g/mol. The number of methoxy groups -OCH3 is 1. The number of hydrogen-bond acceptors (Lipinski definition) is 6. The molecule has 3 aromatic rings. The highest BCUT2D eigenvalue weighted by atomic mass is 16.6. The molecule has 0 aromatic heterocycles. The second-order valence-electron chi connectivity index (χ2n) is 9.12. The number of carboxylic acids is 1. The first-order valence-corrected chi connectivity index (χ1v) is 12.2. The number of aliphatic carboxylic acids is 1. The van der Waals surface area contributed by atoms with Gasteiger partial charge in [-0.2, -0.15) is 0 Å². The monoisotopic (exact) mass is 503 g/mol. The van der Waals surface area contributed by atoms with E-state index in [1.54, 1.807) is 13.2 Å². The molecule has 0 unspecified atom stereocenters. The van der Waals surface area contributed by atoms with Crippen molar-refractivity contribution in [2.75, 3.05) is 20.3 Å². The minimum absolute atomic E-state index is 0.0891. The average Bonchev–Trinajstić information content (AvgIpc) is 2.91. The van der Waals surface area contributed by atoms with Gasteiger partial charge in [0, 0.05) is 18.5 Å². The van der Waals surface area contributed by atoms with Crippen molar-refractivity contribution in [2.24, 2.45) is 0 Å². The average molecular weight is 504 g/mol. The summed E-state index contributed by atoms with van der Waals surface area (Å²) in [5.74, 6) is -0.452. The smallest absolute Gasteiger partial charge is 0.326 e. The summed E-state index contributed by atoms with van der Waals surface area (Å²) < 4.78 is 23.0. The van der Waals surface area contributed by atoms with Crippen molar-refractivity contribution < 1.29 is 33.6 Å². The molecule has 8 nitrogen and oxygen atoms in total. The van der Waals surface area contributed by atoms with Gasteiger partial charge in [0.05, 0.1) is 20.3 Å². The van der Waals surface area contributed by atoms with Crippen LogP contribution >= 0.6 is 0 Å². The standard InChI is InChI=1S/C29H29NO7/c1-34-25-13-12-21-15-30(28(31)26(37-22-17-35-18-22)20-10-6-3-7-11-20)24(29(32)33)14-23(21)27(25)36-16-19-8-4-2-5-9-19/h2-13,22,24,26H,14-18H2,1H3,(H,32,33)/t24-,26-/m0/s1. The van der Waals surface area contributed by atoms with Crippen LogP contribution in [0, 0.1) is 0 Å². The number of benzene rings is 3. The maximum atomic E-state index is 13.9. The second kappa shape index (κ2) is 11.0. The molecule has 2 heterocycles. The van der Waals surface area contributed by atoms with Gasteiger partial charge in [-0.3, -0.25) is 4.79 Å².